The molecule has 98 valence electrons. The molecule has 0 radical (unpaired) electrons. The largest absolute Gasteiger partial charge is 0.478 e. The van der Waals surface area contributed by atoms with Crippen molar-refractivity contribution < 1.29 is 9.90 Å². The van der Waals surface area contributed by atoms with E-state index in [-0.39, 0.29) is 5.56 Å². The van der Waals surface area contributed by atoms with Gasteiger partial charge in [0.05, 0.1) is 0 Å². The number of hydrogen-bond donors (Lipinski definition) is 2. The molecule has 0 spiro atoms. The number of hydrogen-bond acceptors (Lipinski definition) is 4. The van der Waals surface area contributed by atoms with Gasteiger partial charge in [-0.15, -0.1) is 0 Å². The second-order valence-corrected chi connectivity index (χ2v) is 4.63. The molecular formula is C13H19N3O2. The summed E-state index contributed by atoms with van der Waals surface area (Å²) in [6.45, 7) is 5.76. The fraction of sp³-hybridized carbons (Fsp3) is 0.538. The molecule has 0 atom stereocenters. The Morgan fingerprint density at radius 3 is 2.89 bits per heavy atom. The Bertz CT molecular complexity index is 428. The van der Waals surface area contributed by atoms with E-state index in [0.717, 1.165) is 31.7 Å². The molecular weight excluding hydrogens is 230 g/mol. The SMILES string of the molecule is Cc1ccnc(NCCN2CCCC2)c1C(=O)O. The van der Waals surface area contributed by atoms with Gasteiger partial charge in [-0.2, -0.15) is 0 Å². The zero-order valence-corrected chi connectivity index (χ0v) is 10.6. The van der Waals surface area contributed by atoms with E-state index in [1.54, 1.807) is 19.2 Å². The molecule has 2 rings (SSSR count). The van der Waals surface area contributed by atoms with Gasteiger partial charge in [0, 0.05) is 19.3 Å². The number of carboxylic acids is 1. The third-order valence-electron chi connectivity index (χ3n) is 3.29. The standard InChI is InChI=1S/C13H19N3O2/c1-10-4-5-14-12(11(10)13(17)18)15-6-9-16-7-2-3-8-16/h4-5H,2-3,6-9H2,1H3,(H,14,15)(H,17,18). The third kappa shape index (κ3) is 2.98. The molecule has 2 heterocycles. The summed E-state index contributed by atoms with van der Waals surface area (Å²) >= 11 is 0. The first-order valence-corrected chi connectivity index (χ1v) is 6.33. The molecule has 1 aromatic rings. The number of carboxylic acid groups (broad SMARTS) is 1. The Balaban J connectivity index is 1.96. The van der Waals surface area contributed by atoms with Crippen molar-refractivity contribution in [2.75, 3.05) is 31.5 Å². The average Bonchev–Trinajstić information content (AvgIpc) is 2.81. The van der Waals surface area contributed by atoms with Gasteiger partial charge >= 0.3 is 5.97 Å². The van der Waals surface area contributed by atoms with Crippen LogP contribution in [-0.2, 0) is 0 Å². The second kappa shape index (κ2) is 5.82. The predicted octanol–water partition coefficient (Wildman–Crippen LogP) is 1.60. The summed E-state index contributed by atoms with van der Waals surface area (Å²) in [5, 5.41) is 12.3. The van der Waals surface area contributed by atoms with Crippen molar-refractivity contribution in [3.8, 4) is 0 Å². The number of pyridine rings is 1. The van der Waals surface area contributed by atoms with Gasteiger partial charge in [-0.25, -0.2) is 9.78 Å². The zero-order chi connectivity index (χ0) is 13.0. The number of carbonyl (C=O) groups is 1. The van der Waals surface area contributed by atoms with Crippen molar-refractivity contribution in [1.29, 1.82) is 0 Å². The van der Waals surface area contributed by atoms with E-state index in [9.17, 15) is 4.79 Å². The minimum atomic E-state index is -0.927. The van der Waals surface area contributed by atoms with Gasteiger partial charge < -0.3 is 15.3 Å². The van der Waals surface area contributed by atoms with Crippen LogP contribution in [0, 0.1) is 6.92 Å². The van der Waals surface area contributed by atoms with Gasteiger partial charge in [0.2, 0.25) is 0 Å². The summed E-state index contributed by atoms with van der Waals surface area (Å²) in [4.78, 5) is 17.7. The Morgan fingerprint density at radius 2 is 2.22 bits per heavy atom. The summed E-state index contributed by atoms with van der Waals surface area (Å²) in [5.74, 6) is -0.453. The molecule has 1 aromatic heterocycles. The molecule has 5 nitrogen and oxygen atoms in total. The lowest BCUT2D eigenvalue weighted by Gasteiger charge is -2.16. The summed E-state index contributed by atoms with van der Waals surface area (Å²) in [6, 6.07) is 1.72. The Morgan fingerprint density at radius 1 is 1.50 bits per heavy atom. The summed E-state index contributed by atoms with van der Waals surface area (Å²) in [6.07, 6.45) is 4.17. The zero-order valence-electron chi connectivity index (χ0n) is 10.6. The smallest absolute Gasteiger partial charge is 0.339 e. The first-order chi connectivity index (χ1) is 8.68. The van der Waals surface area contributed by atoms with E-state index < -0.39 is 5.97 Å². The van der Waals surface area contributed by atoms with Crippen molar-refractivity contribution >= 4 is 11.8 Å². The summed E-state index contributed by atoms with van der Waals surface area (Å²) in [7, 11) is 0. The van der Waals surface area contributed by atoms with Gasteiger partial charge in [0.15, 0.2) is 0 Å². The number of rotatable bonds is 5. The molecule has 1 fully saturated rings. The number of nitrogens with one attached hydrogen (secondary N) is 1. The van der Waals surface area contributed by atoms with Crippen LogP contribution < -0.4 is 5.32 Å². The number of aromatic carboxylic acids is 1. The first-order valence-electron chi connectivity index (χ1n) is 6.33. The van der Waals surface area contributed by atoms with E-state index in [1.807, 2.05) is 0 Å². The van der Waals surface area contributed by atoms with Crippen LogP contribution in [0.25, 0.3) is 0 Å². The van der Waals surface area contributed by atoms with Crippen molar-refractivity contribution in [3.63, 3.8) is 0 Å². The fourth-order valence-electron chi connectivity index (χ4n) is 2.30. The molecule has 5 heteroatoms. The molecule has 0 aliphatic carbocycles. The minimum Gasteiger partial charge on any atom is -0.478 e. The quantitative estimate of drug-likeness (QED) is 0.829. The highest BCUT2D eigenvalue weighted by atomic mass is 16.4. The van der Waals surface area contributed by atoms with Crippen molar-refractivity contribution in [2.45, 2.75) is 19.8 Å². The van der Waals surface area contributed by atoms with Crippen molar-refractivity contribution in [2.24, 2.45) is 0 Å². The number of aryl methyl sites for hydroxylation is 1. The van der Waals surface area contributed by atoms with Crippen molar-refractivity contribution in [3.05, 3.63) is 23.4 Å². The van der Waals surface area contributed by atoms with Gasteiger partial charge in [-0.3, -0.25) is 0 Å². The molecule has 0 bridgehead atoms. The number of anilines is 1. The topological polar surface area (TPSA) is 65.5 Å². The molecule has 1 aliphatic heterocycles. The van der Waals surface area contributed by atoms with Crippen LogP contribution in [-0.4, -0.2) is 47.1 Å². The third-order valence-corrected chi connectivity index (χ3v) is 3.29. The maximum absolute atomic E-state index is 11.2. The Kier molecular flexibility index (Phi) is 4.15. The predicted molar refractivity (Wildman–Crippen MR) is 70.1 cm³/mol. The normalized spacial score (nSPS) is 15.8. The highest BCUT2D eigenvalue weighted by Crippen LogP contribution is 2.16. The molecule has 1 aliphatic rings. The van der Waals surface area contributed by atoms with Crippen molar-refractivity contribution in [1.82, 2.24) is 9.88 Å². The fourth-order valence-corrected chi connectivity index (χ4v) is 2.30. The van der Waals surface area contributed by atoms with Gasteiger partial charge in [-0.05, 0) is 44.5 Å². The van der Waals surface area contributed by atoms with Crippen LogP contribution in [0.5, 0.6) is 0 Å². The molecule has 0 saturated carbocycles. The molecule has 2 N–H and O–H groups in total. The highest BCUT2D eigenvalue weighted by Gasteiger charge is 2.15. The van der Waals surface area contributed by atoms with Crippen LogP contribution in [0.4, 0.5) is 5.82 Å². The summed E-state index contributed by atoms with van der Waals surface area (Å²) in [5.41, 5.74) is 1.01. The van der Waals surface area contributed by atoms with Crippen LogP contribution in [0.15, 0.2) is 12.3 Å². The second-order valence-electron chi connectivity index (χ2n) is 4.63. The van der Waals surface area contributed by atoms with E-state index in [4.69, 9.17) is 5.11 Å². The number of nitrogens with zero attached hydrogens (tertiary/aromatic N) is 2. The van der Waals surface area contributed by atoms with E-state index in [1.165, 1.54) is 12.8 Å². The van der Waals surface area contributed by atoms with Crippen LogP contribution in [0.2, 0.25) is 0 Å². The van der Waals surface area contributed by atoms with E-state index in [2.05, 4.69) is 15.2 Å². The molecule has 0 unspecified atom stereocenters. The molecule has 1 saturated heterocycles. The Hall–Kier alpha value is -1.62. The van der Waals surface area contributed by atoms with E-state index >= 15 is 0 Å². The molecule has 18 heavy (non-hydrogen) atoms. The lowest BCUT2D eigenvalue weighted by atomic mass is 10.1. The van der Waals surface area contributed by atoms with Gasteiger partial charge in [0.25, 0.3) is 0 Å². The van der Waals surface area contributed by atoms with Crippen LogP contribution in [0.3, 0.4) is 0 Å². The molecule has 0 aromatic carbocycles. The lowest BCUT2D eigenvalue weighted by molar-refractivity contribution is 0.0697. The van der Waals surface area contributed by atoms with Gasteiger partial charge in [-0.1, -0.05) is 0 Å². The van der Waals surface area contributed by atoms with E-state index in [0.29, 0.717) is 5.82 Å². The van der Waals surface area contributed by atoms with Gasteiger partial charge in [0.1, 0.15) is 11.4 Å². The van der Waals surface area contributed by atoms with Crippen LogP contribution >= 0.6 is 0 Å². The minimum absolute atomic E-state index is 0.277. The molecule has 0 amide bonds. The summed E-state index contributed by atoms with van der Waals surface area (Å²) < 4.78 is 0. The maximum atomic E-state index is 11.2. The average molecular weight is 249 g/mol. The highest BCUT2D eigenvalue weighted by molar-refractivity contribution is 5.94. The monoisotopic (exact) mass is 249 g/mol. The lowest BCUT2D eigenvalue weighted by Crippen LogP contribution is -2.26. The first kappa shape index (κ1) is 12.8. The number of likely N-dealkylation sites (tertiary alicyclic amines) is 1. The Labute approximate surface area is 107 Å². The number of aromatic nitrogens is 1. The van der Waals surface area contributed by atoms with Crippen LogP contribution in [0.1, 0.15) is 28.8 Å². The maximum Gasteiger partial charge on any atom is 0.339 e.